The Kier molecular flexibility index (Phi) is 3.88. The van der Waals surface area contributed by atoms with Crippen LogP contribution in [0.4, 0.5) is 16.0 Å². The molecule has 0 saturated carbocycles. The van der Waals surface area contributed by atoms with Crippen molar-refractivity contribution in [2.24, 2.45) is 0 Å². The molecule has 0 bridgehead atoms. The molecule has 0 fully saturated rings. The minimum atomic E-state index is -0.365. The first-order valence-corrected chi connectivity index (χ1v) is 6.80. The highest BCUT2D eigenvalue weighted by molar-refractivity contribution is 5.70. The summed E-state index contributed by atoms with van der Waals surface area (Å²) < 4.78 is 13.5. The fourth-order valence-corrected chi connectivity index (χ4v) is 1.90. The lowest BCUT2D eigenvalue weighted by molar-refractivity contribution is 0.0765. The number of benzene rings is 1. The topological polar surface area (TPSA) is 64.0 Å². The van der Waals surface area contributed by atoms with Crippen molar-refractivity contribution >= 4 is 22.8 Å². The second kappa shape index (κ2) is 5.98. The van der Waals surface area contributed by atoms with Crippen LogP contribution in [0.3, 0.4) is 0 Å². The van der Waals surface area contributed by atoms with E-state index in [1.807, 2.05) is 13.8 Å². The highest BCUT2D eigenvalue weighted by Gasteiger charge is 2.16. The fourth-order valence-electron chi connectivity index (χ4n) is 1.90. The van der Waals surface area contributed by atoms with Gasteiger partial charge in [0.1, 0.15) is 11.3 Å². The molecule has 0 saturated heterocycles. The Bertz CT molecular complexity index is 795. The van der Waals surface area contributed by atoms with Gasteiger partial charge in [0.15, 0.2) is 5.65 Å². The number of hydrogen-bond acceptors (Lipinski definition) is 6. The molecule has 0 aliphatic heterocycles. The summed E-state index contributed by atoms with van der Waals surface area (Å²) in [6.07, 6.45) is 4.54. The molecule has 0 amide bonds. The molecule has 6 nitrogen and oxygen atoms in total. The van der Waals surface area contributed by atoms with Crippen molar-refractivity contribution in [1.29, 1.82) is 0 Å². The number of aromatic nitrogens is 4. The van der Waals surface area contributed by atoms with Crippen LogP contribution in [0.15, 0.2) is 42.9 Å². The maximum atomic E-state index is 13.5. The van der Waals surface area contributed by atoms with Gasteiger partial charge in [0.2, 0.25) is 0 Å². The van der Waals surface area contributed by atoms with Gasteiger partial charge in [-0.3, -0.25) is 4.84 Å². The van der Waals surface area contributed by atoms with E-state index in [9.17, 15) is 4.39 Å². The van der Waals surface area contributed by atoms with E-state index in [0.717, 1.165) is 0 Å². The molecule has 7 heteroatoms. The minimum absolute atomic E-state index is 0.135. The van der Waals surface area contributed by atoms with Crippen LogP contribution in [-0.2, 0) is 4.84 Å². The molecule has 0 unspecified atom stereocenters. The second-order valence-corrected chi connectivity index (χ2v) is 4.86. The molecule has 0 atom stereocenters. The Morgan fingerprint density at radius 2 is 1.95 bits per heavy atom. The Morgan fingerprint density at radius 1 is 1.14 bits per heavy atom. The molecular formula is C15H14FN5O. The molecular weight excluding hydrogens is 285 g/mol. The van der Waals surface area contributed by atoms with Gasteiger partial charge in [-0.15, -0.1) is 0 Å². The number of anilines is 2. The van der Waals surface area contributed by atoms with E-state index in [2.05, 4.69) is 19.9 Å². The van der Waals surface area contributed by atoms with Crippen LogP contribution in [0.5, 0.6) is 0 Å². The van der Waals surface area contributed by atoms with Crippen LogP contribution < -0.4 is 5.06 Å². The van der Waals surface area contributed by atoms with Gasteiger partial charge in [-0.1, -0.05) is 6.07 Å². The summed E-state index contributed by atoms with van der Waals surface area (Å²) in [7, 11) is 0. The van der Waals surface area contributed by atoms with Crippen LogP contribution in [0.2, 0.25) is 0 Å². The quantitative estimate of drug-likeness (QED) is 0.690. The van der Waals surface area contributed by atoms with Gasteiger partial charge >= 0.3 is 0 Å². The third kappa shape index (κ3) is 2.99. The number of nitrogens with zero attached hydrogens (tertiary/aromatic N) is 5. The molecule has 0 N–H and O–H groups in total. The maximum absolute atomic E-state index is 13.5. The van der Waals surface area contributed by atoms with Gasteiger partial charge in [-0.2, -0.15) is 10.0 Å². The van der Waals surface area contributed by atoms with Gasteiger partial charge < -0.3 is 0 Å². The Labute approximate surface area is 126 Å². The second-order valence-electron chi connectivity index (χ2n) is 4.86. The summed E-state index contributed by atoms with van der Waals surface area (Å²) in [6, 6.07) is 6.04. The van der Waals surface area contributed by atoms with Gasteiger partial charge in [-0.05, 0) is 26.0 Å². The zero-order valence-corrected chi connectivity index (χ0v) is 12.1. The molecule has 112 valence electrons. The van der Waals surface area contributed by atoms with Crippen molar-refractivity contribution < 1.29 is 9.23 Å². The lowest BCUT2D eigenvalue weighted by Gasteiger charge is -2.23. The predicted octanol–water partition coefficient (Wildman–Crippen LogP) is 3.04. The van der Waals surface area contributed by atoms with Crippen molar-refractivity contribution in [3.63, 3.8) is 0 Å². The molecule has 3 aromatic rings. The molecule has 3 rings (SSSR count). The van der Waals surface area contributed by atoms with Crippen LogP contribution in [0.1, 0.15) is 13.8 Å². The fraction of sp³-hybridized carbons (Fsp3) is 0.200. The van der Waals surface area contributed by atoms with E-state index in [1.165, 1.54) is 17.2 Å². The third-order valence-electron chi connectivity index (χ3n) is 2.76. The first-order chi connectivity index (χ1) is 10.6. The SMILES string of the molecule is CC(C)ON(c1cccc(F)c1)c1ncc2nccnc2n1. The van der Waals surface area contributed by atoms with Crippen molar-refractivity contribution in [1.82, 2.24) is 19.9 Å². The van der Waals surface area contributed by atoms with Crippen molar-refractivity contribution in [2.45, 2.75) is 20.0 Å². The highest BCUT2D eigenvalue weighted by Crippen LogP contribution is 2.24. The first kappa shape index (κ1) is 14.3. The monoisotopic (exact) mass is 299 g/mol. The summed E-state index contributed by atoms with van der Waals surface area (Å²) in [6.45, 7) is 3.74. The summed E-state index contributed by atoms with van der Waals surface area (Å²) in [5, 5.41) is 1.39. The van der Waals surface area contributed by atoms with E-state index in [0.29, 0.717) is 16.9 Å². The zero-order chi connectivity index (χ0) is 15.5. The molecule has 0 radical (unpaired) electrons. The van der Waals surface area contributed by atoms with E-state index in [4.69, 9.17) is 4.84 Å². The normalized spacial score (nSPS) is 11.1. The average Bonchev–Trinajstić information content (AvgIpc) is 2.52. The van der Waals surface area contributed by atoms with Crippen LogP contribution in [0.25, 0.3) is 11.2 Å². The molecule has 2 aromatic heterocycles. The minimum Gasteiger partial charge on any atom is -0.263 e. The number of fused-ring (bicyclic) bond motifs is 1. The van der Waals surface area contributed by atoms with Crippen LogP contribution in [0, 0.1) is 5.82 Å². The lowest BCUT2D eigenvalue weighted by Crippen LogP contribution is -2.24. The first-order valence-electron chi connectivity index (χ1n) is 6.80. The zero-order valence-electron chi connectivity index (χ0n) is 12.1. The Balaban J connectivity index is 2.07. The lowest BCUT2D eigenvalue weighted by atomic mass is 10.3. The van der Waals surface area contributed by atoms with Gasteiger partial charge in [0, 0.05) is 18.5 Å². The summed E-state index contributed by atoms with van der Waals surface area (Å²) in [5.74, 6) is -0.0947. The van der Waals surface area contributed by atoms with E-state index in [-0.39, 0.29) is 17.9 Å². The van der Waals surface area contributed by atoms with E-state index in [1.54, 1.807) is 30.7 Å². The number of hydrogen-bond donors (Lipinski definition) is 0. The van der Waals surface area contributed by atoms with Gasteiger partial charge in [-0.25, -0.2) is 19.3 Å². The van der Waals surface area contributed by atoms with Gasteiger partial charge in [0.25, 0.3) is 5.95 Å². The smallest absolute Gasteiger partial charge is 0.256 e. The standard InChI is InChI=1S/C15H14FN5O/c1-10(2)22-21(12-5-3-4-11(16)8-12)15-19-9-13-14(20-15)18-7-6-17-13/h3-10H,1-2H3. The summed E-state index contributed by atoms with van der Waals surface area (Å²) in [5.41, 5.74) is 1.52. The molecule has 0 aliphatic carbocycles. The van der Waals surface area contributed by atoms with Crippen LogP contribution in [-0.4, -0.2) is 26.0 Å². The summed E-state index contributed by atoms with van der Waals surface area (Å²) >= 11 is 0. The number of halogens is 1. The average molecular weight is 299 g/mol. The van der Waals surface area contributed by atoms with Crippen LogP contribution >= 0.6 is 0 Å². The predicted molar refractivity (Wildman–Crippen MR) is 79.9 cm³/mol. The molecule has 1 aromatic carbocycles. The maximum Gasteiger partial charge on any atom is 0.256 e. The summed E-state index contributed by atoms with van der Waals surface area (Å²) in [4.78, 5) is 22.5. The van der Waals surface area contributed by atoms with Crippen molar-refractivity contribution in [2.75, 3.05) is 5.06 Å². The number of rotatable bonds is 4. The van der Waals surface area contributed by atoms with Gasteiger partial charge in [0.05, 0.1) is 18.0 Å². The van der Waals surface area contributed by atoms with Crippen molar-refractivity contribution in [3.8, 4) is 0 Å². The molecule has 0 spiro atoms. The van der Waals surface area contributed by atoms with Crippen molar-refractivity contribution in [3.05, 3.63) is 48.7 Å². The van der Waals surface area contributed by atoms with E-state index < -0.39 is 0 Å². The molecule has 0 aliphatic rings. The van der Waals surface area contributed by atoms with E-state index >= 15 is 0 Å². The highest BCUT2D eigenvalue weighted by atomic mass is 19.1. The largest absolute Gasteiger partial charge is 0.263 e. The molecule has 2 heterocycles. The Hall–Kier alpha value is -2.67. The molecule has 22 heavy (non-hydrogen) atoms. The Morgan fingerprint density at radius 3 is 2.73 bits per heavy atom. The third-order valence-corrected chi connectivity index (χ3v) is 2.76.